The van der Waals surface area contributed by atoms with Crippen molar-refractivity contribution in [3.63, 3.8) is 0 Å². The number of benzene rings is 2. The van der Waals surface area contributed by atoms with Gasteiger partial charge in [0.25, 0.3) is 5.91 Å². The second-order valence-electron chi connectivity index (χ2n) is 8.26. The highest BCUT2D eigenvalue weighted by Crippen LogP contribution is 2.18. The van der Waals surface area contributed by atoms with Gasteiger partial charge in [0, 0.05) is 24.2 Å². The summed E-state index contributed by atoms with van der Waals surface area (Å²) in [5, 5.41) is 5.84. The monoisotopic (exact) mass is 439 g/mol. The molecule has 0 radical (unpaired) electrons. The summed E-state index contributed by atoms with van der Waals surface area (Å²) < 4.78 is 5.98. The molecule has 174 valence electrons. The van der Waals surface area contributed by atoms with Gasteiger partial charge < -0.3 is 20.3 Å². The summed E-state index contributed by atoms with van der Waals surface area (Å²) in [7, 11) is 0. The van der Waals surface area contributed by atoms with E-state index in [0.29, 0.717) is 18.7 Å². The lowest BCUT2D eigenvalue weighted by Gasteiger charge is -2.22. The van der Waals surface area contributed by atoms with Gasteiger partial charge in [0.1, 0.15) is 18.4 Å². The van der Waals surface area contributed by atoms with Crippen molar-refractivity contribution in [1.29, 1.82) is 0 Å². The lowest BCUT2D eigenvalue weighted by Crippen LogP contribution is -2.49. The van der Waals surface area contributed by atoms with Crippen molar-refractivity contribution in [2.24, 2.45) is 5.92 Å². The van der Waals surface area contributed by atoms with Crippen molar-refractivity contribution in [2.75, 3.05) is 26.2 Å². The van der Waals surface area contributed by atoms with E-state index in [0.717, 1.165) is 36.5 Å². The fraction of sp³-hybridized carbons (Fsp3) is 0.462. The summed E-state index contributed by atoms with van der Waals surface area (Å²) in [5.41, 5.74) is 2.53. The second-order valence-corrected chi connectivity index (χ2v) is 8.26. The van der Waals surface area contributed by atoms with Crippen LogP contribution in [0.5, 0.6) is 5.75 Å². The fourth-order valence-electron chi connectivity index (χ4n) is 3.37. The van der Waals surface area contributed by atoms with Crippen molar-refractivity contribution in [3.05, 3.63) is 65.2 Å². The van der Waals surface area contributed by atoms with Crippen LogP contribution in [0.2, 0.25) is 0 Å². The maximum atomic E-state index is 12.9. The number of rotatable bonds is 12. The van der Waals surface area contributed by atoms with Crippen molar-refractivity contribution in [2.45, 2.75) is 47.2 Å². The first-order valence-corrected chi connectivity index (χ1v) is 11.4. The van der Waals surface area contributed by atoms with Crippen molar-refractivity contribution in [1.82, 2.24) is 15.5 Å². The topological polar surface area (TPSA) is 70.7 Å². The fourth-order valence-corrected chi connectivity index (χ4v) is 3.37. The Kier molecular flexibility index (Phi) is 10.2. The number of nitrogens with zero attached hydrogens (tertiary/aromatic N) is 1. The van der Waals surface area contributed by atoms with Gasteiger partial charge in [0.15, 0.2) is 0 Å². The van der Waals surface area contributed by atoms with Crippen LogP contribution in [-0.2, 0) is 11.3 Å². The van der Waals surface area contributed by atoms with E-state index in [1.807, 2.05) is 57.2 Å². The molecule has 6 nitrogen and oxygen atoms in total. The number of nitrogens with one attached hydrogen (secondary N) is 2. The minimum atomic E-state index is -0.625. The molecule has 0 saturated carbocycles. The number of amides is 2. The summed E-state index contributed by atoms with van der Waals surface area (Å²) in [6.07, 6.45) is 0. The zero-order chi connectivity index (χ0) is 23.5. The van der Waals surface area contributed by atoms with E-state index < -0.39 is 6.04 Å². The molecular weight excluding hydrogens is 402 g/mol. The number of ether oxygens (including phenoxy) is 1. The summed E-state index contributed by atoms with van der Waals surface area (Å²) in [4.78, 5) is 27.8. The van der Waals surface area contributed by atoms with Crippen molar-refractivity contribution < 1.29 is 14.3 Å². The third-order valence-corrected chi connectivity index (χ3v) is 5.53. The average Bonchev–Trinajstić information content (AvgIpc) is 2.79. The SMILES string of the molecule is CCN(CC)CCOc1ccccc1CNC(=O)C(NC(=O)c1ccc(C)cc1)C(C)C. The molecule has 0 spiro atoms. The molecule has 0 aromatic heterocycles. The van der Waals surface area contributed by atoms with Gasteiger partial charge in [0.2, 0.25) is 5.91 Å². The minimum Gasteiger partial charge on any atom is -0.492 e. The van der Waals surface area contributed by atoms with Crippen LogP contribution in [0.4, 0.5) is 0 Å². The Bertz CT molecular complexity index is 861. The normalized spacial score (nSPS) is 12.0. The van der Waals surface area contributed by atoms with Gasteiger partial charge in [-0.1, -0.05) is 63.6 Å². The first-order valence-electron chi connectivity index (χ1n) is 11.4. The Morgan fingerprint density at radius 1 is 1.00 bits per heavy atom. The maximum absolute atomic E-state index is 12.9. The van der Waals surface area contributed by atoms with Crippen LogP contribution in [-0.4, -0.2) is 49.0 Å². The largest absolute Gasteiger partial charge is 0.492 e. The quantitative estimate of drug-likeness (QED) is 0.528. The molecule has 2 aromatic rings. The first kappa shape index (κ1) is 25.4. The Labute approximate surface area is 192 Å². The average molecular weight is 440 g/mol. The number of carbonyl (C=O) groups is 2. The molecule has 6 heteroatoms. The van der Waals surface area contributed by atoms with Crippen LogP contribution in [0.15, 0.2) is 48.5 Å². The van der Waals surface area contributed by atoms with Gasteiger partial charge in [-0.2, -0.15) is 0 Å². The number of carbonyl (C=O) groups excluding carboxylic acids is 2. The van der Waals surface area contributed by atoms with Crippen LogP contribution in [0, 0.1) is 12.8 Å². The molecule has 32 heavy (non-hydrogen) atoms. The lowest BCUT2D eigenvalue weighted by atomic mass is 10.0. The highest BCUT2D eigenvalue weighted by atomic mass is 16.5. The molecule has 0 aliphatic rings. The molecule has 0 aliphatic carbocycles. The number of hydrogen-bond donors (Lipinski definition) is 2. The number of aryl methyl sites for hydroxylation is 1. The van der Waals surface area contributed by atoms with E-state index in [2.05, 4.69) is 29.4 Å². The molecule has 2 rings (SSSR count). The van der Waals surface area contributed by atoms with Crippen molar-refractivity contribution >= 4 is 11.8 Å². The van der Waals surface area contributed by atoms with Gasteiger partial charge in [-0.25, -0.2) is 0 Å². The van der Waals surface area contributed by atoms with Gasteiger partial charge in [0.05, 0.1) is 0 Å². The summed E-state index contributed by atoms with van der Waals surface area (Å²) in [6.45, 7) is 13.8. The molecule has 2 amide bonds. The van der Waals surface area contributed by atoms with Gasteiger partial charge in [-0.05, 0) is 44.1 Å². The Morgan fingerprint density at radius 3 is 2.28 bits per heavy atom. The molecular formula is C26H37N3O3. The third kappa shape index (κ3) is 7.68. The standard InChI is InChI=1S/C26H37N3O3/c1-6-29(7-2)16-17-32-23-11-9-8-10-22(23)18-27-26(31)24(19(3)4)28-25(30)21-14-12-20(5)13-15-21/h8-15,19,24H,6-7,16-18H2,1-5H3,(H,27,31)(H,28,30). The molecule has 2 N–H and O–H groups in total. The van der Waals surface area contributed by atoms with E-state index in [1.165, 1.54) is 0 Å². The zero-order valence-corrected chi connectivity index (χ0v) is 20.0. The van der Waals surface area contributed by atoms with Gasteiger partial charge >= 0.3 is 0 Å². The van der Waals surface area contributed by atoms with Gasteiger partial charge in [-0.3, -0.25) is 9.59 Å². The number of para-hydroxylation sites is 1. The summed E-state index contributed by atoms with van der Waals surface area (Å²) in [5.74, 6) is 0.257. The van der Waals surface area contributed by atoms with Crippen LogP contribution in [0.1, 0.15) is 49.2 Å². The number of hydrogen-bond acceptors (Lipinski definition) is 4. The van der Waals surface area contributed by atoms with Crippen LogP contribution in [0.25, 0.3) is 0 Å². The number of likely N-dealkylation sites (N-methyl/N-ethyl adjacent to an activating group) is 1. The summed E-state index contributed by atoms with van der Waals surface area (Å²) >= 11 is 0. The third-order valence-electron chi connectivity index (χ3n) is 5.53. The predicted molar refractivity (Wildman–Crippen MR) is 129 cm³/mol. The van der Waals surface area contributed by atoms with E-state index in [4.69, 9.17) is 4.74 Å². The van der Waals surface area contributed by atoms with Crippen LogP contribution >= 0.6 is 0 Å². The van der Waals surface area contributed by atoms with E-state index in [1.54, 1.807) is 12.1 Å². The minimum absolute atomic E-state index is 0.0510. The van der Waals surface area contributed by atoms with E-state index in [-0.39, 0.29) is 17.7 Å². The molecule has 0 aliphatic heterocycles. The Morgan fingerprint density at radius 2 is 1.66 bits per heavy atom. The molecule has 1 unspecified atom stereocenters. The molecule has 0 bridgehead atoms. The van der Waals surface area contributed by atoms with Crippen LogP contribution < -0.4 is 15.4 Å². The molecule has 1 atom stereocenters. The molecule has 2 aromatic carbocycles. The molecule has 0 fully saturated rings. The smallest absolute Gasteiger partial charge is 0.251 e. The van der Waals surface area contributed by atoms with Gasteiger partial charge in [-0.15, -0.1) is 0 Å². The molecule has 0 heterocycles. The lowest BCUT2D eigenvalue weighted by molar-refractivity contribution is -0.124. The van der Waals surface area contributed by atoms with Crippen molar-refractivity contribution in [3.8, 4) is 5.75 Å². The Balaban J connectivity index is 1.97. The highest BCUT2D eigenvalue weighted by Gasteiger charge is 2.24. The van der Waals surface area contributed by atoms with Crippen LogP contribution in [0.3, 0.4) is 0 Å². The van der Waals surface area contributed by atoms with E-state index >= 15 is 0 Å². The summed E-state index contributed by atoms with van der Waals surface area (Å²) in [6, 6.07) is 14.4. The Hall–Kier alpha value is -2.86. The molecule has 0 saturated heterocycles. The first-order chi connectivity index (χ1) is 15.3. The maximum Gasteiger partial charge on any atom is 0.251 e. The van der Waals surface area contributed by atoms with E-state index in [9.17, 15) is 9.59 Å². The predicted octanol–water partition coefficient (Wildman–Crippen LogP) is 3.79. The zero-order valence-electron chi connectivity index (χ0n) is 20.0. The second kappa shape index (κ2) is 12.9. The highest BCUT2D eigenvalue weighted by molar-refractivity contribution is 5.97.